The first kappa shape index (κ1) is 16.1. The lowest BCUT2D eigenvalue weighted by molar-refractivity contribution is -0.122. The Morgan fingerprint density at radius 3 is 2.71 bits per heavy atom. The summed E-state index contributed by atoms with van der Waals surface area (Å²) < 4.78 is 2.34. The van der Waals surface area contributed by atoms with E-state index in [9.17, 15) is 4.79 Å². The minimum atomic E-state index is 0.222. The second kappa shape index (κ2) is 7.21. The Morgan fingerprint density at radius 1 is 1.08 bits per heavy atom. The smallest absolute Gasteiger partial charge is 0.220 e. The predicted molar refractivity (Wildman–Crippen MR) is 91.7 cm³/mol. The van der Waals surface area contributed by atoms with Crippen molar-refractivity contribution in [2.24, 2.45) is 5.92 Å². The van der Waals surface area contributed by atoms with E-state index in [2.05, 4.69) is 25.0 Å². The van der Waals surface area contributed by atoms with Crippen molar-refractivity contribution in [3.05, 3.63) is 11.6 Å². The molecule has 0 radical (unpaired) electrons. The van der Waals surface area contributed by atoms with Crippen LogP contribution in [0.2, 0.25) is 0 Å². The molecule has 0 aromatic carbocycles. The average molecular weight is 331 g/mol. The molecule has 1 saturated carbocycles. The van der Waals surface area contributed by atoms with Gasteiger partial charge in [0, 0.05) is 38.4 Å². The van der Waals surface area contributed by atoms with E-state index in [0.29, 0.717) is 18.3 Å². The van der Waals surface area contributed by atoms with Crippen LogP contribution in [0, 0.1) is 5.92 Å². The van der Waals surface area contributed by atoms with Crippen molar-refractivity contribution in [3.8, 4) is 0 Å². The Morgan fingerprint density at radius 2 is 1.92 bits per heavy atom. The van der Waals surface area contributed by atoms with Crippen molar-refractivity contribution in [2.45, 2.75) is 63.8 Å². The second-order valence-corrected chi connectivity index (χ2v) is 7.70. The maximum atomic E-state index is 12.2. The standard InChI is InChI=1S/C18H29N5O/c24-17(19-8-12-22-9-1-2-10-22)13-14-3-6-16-20-21-18(15-4-5-15)23(16)11-7-14/h14-15H,1-13H2,(H,19,24). The summed E-state index contributed by atoms with van der Waals surface area (Å²) in [7, 11) is 0. The van der Waals surface area contributed by atoms with Gasteiger partial charge in [0.15, 0.2) is 0 Å². The highest BCUT2D eigenvalue weighted by Gasteiger charge is 2.31. The maximum absolute atomic E-state index is 12.2. The molecular formula is C18H29N5O. The van der Waals surface area contributed by atoms with Gasteiger partial charge in [0.1, 0.15) is 11.6 Å². The number of hydrogen-bond acceptors (Lipinski definition) is 4. The van der Waals surface area contributed by atoms with Gasteiger partial charge in [-0.3, -0.25) is 4.79 Å². The van der Waals surface area contributed by atoms with Crippen molar-refractivity contribution >= 4 is 5.91 Å². The number of rotatable bonds is 6. The molecule has 3 heterocycles. The highest BCUT2D eigenvalue weighted by Crippen LogP contribution is 2.40. The second-order valence-electron chi connectivity index (χ2n) is 7.70. The molecule has 0 bridgehead atoms. The molecule has 1 unspecified atom stereocenters. The number of nitrogens with one attached hydrogen (secondary N) is 1. The molecule has 1 aromatic rings. The van der Waals surface area contributed by atoms with Crippen molar-refractivity contribution in [2.75, 3.05) is 26.2 Å². The molecule has 1 amide bonds. The number of aromatic nitrogens is 3. The summed E-state index contributed by atoms with van der Waals surface area (Å²) in [6, 6.07) is 0. The van der Waals surface area contributed by atoms with E-state index in [1.54, 1.807) is 0 Å². The van der Waals surface area contributed by atoms with E-state index in [-0.39, 0.29) is 5.91 Å². The molecule has 132 valence electrons. The molecule has 1 aliphatic carbocycles. The Labute approximate surface area is 144 Å². The lowest BCUT2D eigenvalue weighted by Gasteiger charge is -2.16. The topological polar surface area (TPSA) is 63.1 Å². The number of amides is 1. The summed E-state index contributed by atoms with van der Waals surface area (Å²) in [6.07, 6.45) is 8.90. The van der Waals surface area contributed by atoms with E-state index in [4.69, 9.17) is 0 Å². The van der Waals surface area contributed by atoms with E-state index >= 15 is 0 Å². The molecule has 0 spiro atoms. The van der Waals surface area contributed by atoms with Crippen LogP contribution >= 0.6 is 0 Å². The monoisotopic (exact) mass is 331 g/mol. The van der Waals surface area contributed by atoms with Gasteiger partial charge in [0.2, 0.25) is 5.91 Å². The third-order valence-electron chi connectivity index (χ3n) is 5.76. The quantitative estimate of drug-likeness (QED) is 0.862. The molecule has 1 aromatic heterocycles. The van der Waals surface area contributed by atoms with Crippen LogP contribution in [0.15, 0.2) is 0 Å². The number of likely N-dealkylation sites (tertiary alicyclic amines) is 1. The zero-order valence-electron chi connectivity index (χ0n) is 14.5. The minimum Gasteiger partial charge on any atom is -0.355 e. The van der Waals surface area contributed by atoms with Gasteiger partial charge < -0.3 is 14.8 Å². The Kier molecular flexibility index (Phi) is 4.83. The summed E-state index contributed by atoms with van der Waals surface area (Å²) in [6.45, 7) is 5.17. The fraction of sp³-hybridized carbons (Fsp3) is 0.833. The van der Waals surface area contributed by atoms with Gasteiger partial charge in [-0.15, -0.1) is 10.2 Å². The van der Waals surface area contributed by atoms with Crippen LogP contribution in [-0.4, -0.2) is 51.8 Å². The molecular weight excluding hydrogens is 302 g/mol. The molecule has 4 rings (SSSR count). The molecule has 2 fully saturated rings. The van der Waals surface area contributed by atoms with E-state index in [1.807, 2.05) is 0 Å². The summed E-state index contributed by atoms with van der Waals surface area (Å²) in [5, 5.41) is 11.9. The van der Waals surface area contributed by atoms with Crippen molar-refractivity contribution in [1.29, 1.82) is 0 Å². The van der Waals surface area contributed by atoms with E-state index < -0.39 is 0 Å². The SMILES string of the molecule is O=C(CC1CCc2nnc(C3CC3)n2CC1)NCCN1CCCC1. The number of nitrogens with zero attached hydrogens (tertiary/aromatic N) is 4. The number of carbonyl (C=O) groups excluding carboxylic acids is 1. The largest absolute Gasteiger partial charge is 0.355 e. The van der Waals surface area contributed by atoms with Crippen molar-refractivity contribution in [3.63, 3.8) is 0 Å². The van der Waals surface area contributed by atoms with Crippen LogP contribution in [0.25, 0.3) is 0 Å². The van der Waals surface area contributed by atoms with Gasteiger partial charge >= 0.3 is 0 Å². The van der Waals surface area contributed by atoms with E-state index in [1.165, 1.54) is 44.6 Å². The molecule has 2 aliphatic heterocycles. The first-order valence-corrected chi connectivity index (χ1v) is 9.70. The van der Waals surface area contributed by atoms with Crippen molar-refractivity contribution in [1.82, 2.24) is 25.0 Å². The highest BCUT2D eigenvalue weighted by molar-refractivity contribution is 5.76. The van der Waals surface area contributed by atoms with Gasteiger partial charge in [-0.1, -0.05) is 0 Å². The molecule has 6 heteroatoms. The lowest BCUT2D eigenvalue weighted by atomic mass is 9.96. The van der Waals surface area contributed by atoms with Crippen LogP contribution in [0.1, 0.15) is 62.5 Å². The van der Waals surface area contributed by atoms with Crippen LogP contribution < -0.4 is 5.32 Å². The zero-order valence-corrected chi connectivity index (χ0v) is 14.5. The number of fused-ring (bicyclic) bond motifs is 1. The molecule has 6 nitrogen and oxygen atoms in total. The maximum Gasteiger partial charge on any atom is 0.220 e. The summed E-state index contributed by atoms with van der Waals surface area (Å²) in [5.41, 5.74) is 0. The summed E-state index contributed by atoms with van der Waals surface area (Å²) in [5.74, 6) is 3.68. The molecule has 3 aliphatic rings. The van der Waals surface area contributed by atoms with Crippen LogP contribution in [0.5, 0.6) is 0 Å². The van der Waals surface area contributed by atoms with Gasteiger partial charge in [0.05, 0.1) is 0 Å². The van der Waals surface area contributed by atoms with Gasteiger partial charge in [-0.25, -0.2) is 0 Å². The normalized spacial score (nSPS) is 24.6. The fourth-order valence-electron chi connectivity index (χ4n) is 4.11. The van der Waals surface area contributed by atoms with Crippen LogP contribution in [-0.2, 0) is 17.8 Å². The number of hydrogen-bond donors (Lipinski definition) is 1. The third-order valence-corrected chi connectivity index (χ3v) is 5.76. The minimum absolute atomic E-state index is 0.222. The highest BCUT2D eigenvalue weighted by atomic mass is 16.1. The summed E-state index contributed by atoms with van der Waals surface area (Å²) >= 11 is 0. The Bertz CT molecular complexity index is 574. The predicted octanol–water partition coefficient (Wildman–Crippen LogP) is 1.71. The molecule has 1 N–H and O–H groups in total. The van der Waals surface area contributed by atoms with Crippen molar-refractivity contribution < 1.29 is 4.79 Å². The third kappa shape index (κ3) is 3.79. The number of aryl methyl sites for hydroxylation is 1. The fourth-order valence-corrected chi connectivity index (χ4v) is 4.11. The zero-order chi connectivity index (χ0) is 16.4. The van der Waals surface area contributed by atoms with Gasteiger partial charge in [0.25, 0.3) is 0 Å². The van der Waals surface area contributed by atoms with Gasteiger partial charge in [-0.05, 0) is 57.5 Å². The molecule has 1 saturated heterocycles. The van der Waals surface area contributed by atoms with Crippen LogP contribution in [0.3, 0.4) is 0 Å². The van der Waals surface area contributed by atoms with Crippen LogP contribution in [0.4, 0.5) is 0 Å². The van der Waals surface area contributed by atoms with E-state index in [0.717, 1.165) is 44.7 Å². The molecule has 1 atom stereocenters. The first-order chi connectivity index (χ1) is 11.8. The van der Waals surface area contributed by atoms with Gasteiger partial charge in [-0.2, -0.15) is 0 Å². The molecule has 24 heavy (non-hydrogen) atoms. The average Bonchev–Trinajstić information content (AvgIpc) is 3.20. The summed E-state index contributed by atoms with van der Waals surface area (Å²) in [4.78, 5) is 14.7. The Balaban J connectivity index is 1.22. The number of carbonyl (C=O) groups is 1. The Hall–Kier alpha value is -1.43. The first-order valence-electron chi connectivity index (χ1n) is 9.70. The lowest BCUT2D eigenvalue weighted by Crippen LogP contribution is -2.34.